The summed E-state index contributed by atoms with van der Waals surface area (Å²) in [6, 6.07) is 8.01. The lowest BCUT2D eigenvalue weighted by molar-refractivity contribution is -0.113. The molecular weight excluding hydrogens is 464 g/mol. The number of nitrogens with one attached hydrogen (secondary N) is 1. The van der Waals surface area contributed by atoms with Gasteiger partial charge < -0.3 is 14.2 Å². The molecule has 1 saturated carbocycles. The Hall–Kier alpha value is -2.63. The Morgan fingerprint density at radius 1 is 1.15 bits per heavy atom. The highest BCUT2D eigenvalue weighted by atomic mass is 32.2. The van der Waals surface area contributed by atoms with Crippen LogP contribution in [0, 0.1) is 6.92 Å². The molecule has 33 heavy (non-hydrogen) atoms. The average molecular weight is 491 g/mol. The van der Waals surface area contributed by atoms with Crippen LogP contribution in [0.2, 0.25) is 0 Å². The molecule has 2 heterocycles. The molecule has 0 bridgehead atoms. The molecule has 0 aliphatic heterocycles. The Labute approximate surface area is 197 Å². The highest BCUT2D eigenvalue weighted by Gasteiger charge is 2.29. The molecule has 1 aliphatic rings. The average Bonchev–Trinajstić information content (AvgIpc) is 3.46. The van der Waals surface area contributed by atoms with Crippen molar-refractivity contribution in [1.29, 1.82) is 0 Å². The maximum Gasteiger partial charge on any atom is 0.277 e. The number of aryl methyl sites for hydroxylation is 1. The molecule has 0 spiro atoms. The van der Waals surface area contributed by atoms with Crippen LogP contribution in [0.15, 0.2) is 55.5 Å². The monoisotopic (exact) mass is 490 g/mol. The molecule has 1 amide bonds. The SMILES string of the molecule is Cc1occc1-c1nnc(SCC(=O)Nc2ccc(S(=O)(=O)N(C)C3CCCCC3)cc2)o1. The second kappa shape index (κ2) is 10.1. The normalized spacial score (nSPS) is 15.1. The number of anilines is 1. The number of hydrogen-bond acceptors (Lipinski definition) is 8. The molecule has 3 aromatic rings. The number of sulfonamides is 1. The summed E-state index contributed by atoms with van der Waals surface area (Å²) in [4.78, 5) is 12.5. The van der Waals surface area contributed by atoms with Crippen molar-refractivity contribution in [2.45, 2.75) is 55.2 Å². The molecule has 1 N–H and O–H groups in total. The molecule has 9 nitrogen and oxygen atoms in total. The molecule has 1 aliphatic carbocycles. The predicted molar refractivity (Wildman–Crippen MR) is 124 cm³/mol. The number of benzene rings is 1. The molecular formula is C22H26N4O5S2. The molecule has 0 atom stereocenters. The summed E-state index contributed by atoms with van der Waals surface area (Å²) in [5.41, 5.74) is 1.23. The van der Waals surface area contributed by atoms with Crippen molar-refractivity contribution in [3.63, 3.8) is 0 Å². The van der Waals surface area contributed by atoms with Gasteiger partial charge in [0.1, 0.15) is 5.76 Å². The fraction of sp³-hybridized carbons (Fsp3) is 0.409. The number of rotatable bonds is 8. The zero-order valence-electron chi connectivity index (χ0n) is 18.5. The van der Waals surface area contributed by atoms with Crippen molar-refractivity contribution in [2.75, 3.05) is 18.1 Å². The summed E-state index contributed by atoms with van der Waals surface area (Å²) in [5, 5.41) is 10.9. The number of furan rings is 1. The number of carbonyl (C=O) groups is 1. The van der Waals surface area contributed by atoms with Crippen LogP contribution >= 0.6 is 11.8 Å². The van der Waals surface area contributed by atoms with Crippen molar-refractivity contribution in [2.24, 2.45) is 0 Å². The predicted octanol–water partition coefficient (Wildman–Crippen LogP) is 4.32. The van der Waals surface area contributed by atoms with Gasteiger partial charge in [-0.25, -0.2) is 8.42 Å². The molecule has 2 aromatic heterocycles. The second-order valence-electron chi connectivity index (χ2n) is 7.94. The molecule has 11 heteroatoms. The van der Waals surface area contributed by atoms with Gasteiger partial charge in [-0.2, -0.15) is 4.31 Å². The van der Waals surface area contributed by atoms with E-state index in [4.69, 9.17) is 8.83 Å². The first kappa shape index (κ1) is 23.5. The smallest absolute Gasteiger partial charge is 0.277 e. The highest BCUT2D eigenvalue weighted by Crippen LogP contribution is 2.28. The largest absolute Gasteiger partial charge is 0.469 e. The van der Waals surface area contributed by atoms with Gasteiger partial charge in [-0.05, 0) is 50.1 Å². The van der Waals surface area contributed by atoms with E-state index in [0.29, 0.717) is 22.9 Å². The lowest BCUT2D eigenvalue weighted by Gasteiger charge is -2.30. The van der Waals surface area contributed by atoms with Crippen LogP contribution in [0.25, 0.3) is 11.5 Å². The van der Waals surface area contributed by atoms with E-state index in [-0.39, 0.29) is 27.8 Å². The molecule has 0 unspecified atom stereocenters. The van der Waals surface area contributed by atoms with Crippen molar-refractivity contribution in [3.8, 4) is 11.5 Å². The van der Waals surface area contributed by atoms with Gasteiger partial charge in [0.2, 0.25) is 15.9 Å². The first-order valence-corrected chi connectivity index (χ1v) is 13.2. The summed E-state index contributed by atoms with van der Waals surface area (Å²) in [5.74, 6) is 0.799. The summed E-state index contributed by atoms with van der Waals surface area (Å²) in [7, 11) is -1.92. The van der Waals surface area contributed by atoms with Gasteiger partial charge in [0.15, 0.2) is 0 Å². The van der Waals surface area contributed by atoms with Crippen molar-refractivity contribution >= 4 is 33.4 Å². The number of amides is 1. The minimum Gasteiger partial charge on any atom is -0.469 e. The van der Waals surface area contributed by atoms with Crippen LogP contribution in [0.5, 0.6) is 0 Å². The number of carbonyl (C=O) groups excluding carboxylic acids is 1. The third-order valence-electron chi connectivity index (χ3n) is 5.73. The molecule has 1 fully saturated rings. The van der Waals surface area contributed by atoms with Gasteiger partial charge in [-0.15, -0.1) is 10.2 Å². The lowest BCUT2D eigenvalue weighted by atomic mass is 9.96. The Bertz CT molecular complexity index is 1200. The number of nitrogens with zero attached hydrogens (tertiary/aromatic N) is 3. The van der Waals surface area contributed by atoms with Crippen LogP contribution in [-0.2, 0) is 14.8 Å². The summed E-state index contributed by atoms with van der Waals surface area (Å²) in [6.45, 7) is 1.80. The van der Waals surface area contributed by atoms with Crippen molar-refractivity contribution in [3.05, 3.63) is 42.4 Å². The first-order valence-electron chi connectivity index (χ1n) is 10.7. The van der Waals surface area contributed by atoms with Gasteiger partial charge >= 0.3 is 0 Å². The van der Waals surface area contributed by atoms with E-state index < -0.39 is 10.0 Å². The molecule has 176 valence electrons. The van der Waals surface area contributed by atoms with Crippen LogP contribution < -0.4 is 5.32 Å². The van der Waals surface area contributed by atoms with Crippen molar-refractivity contribution < 1.29 is 22.0 Å². The maximum absolute atomic E-state index is 12.9. The molecule has 0 radical (unpaired) electrons. The number of aromatic nitrogens is 2. The Morgan fingerprint density at radius 3 is 2.55 bits per heavy atom. The zero-order chi connectivity index (χ0) is 23.4. The van der Waals surface area contributed by atoms with Crippen LogP contribution in [-0.4, -0.2) is 47.7 Å². The zero-order valence-corrected chi connectivity index (χ0v) is 20.1. The third kappa shape index (κ3) is 5.48. The van der Waals surface area contributed by atoms with Gasteiger partial charge in [-0.3, -0.25) is 4.79 Å². The van der Waals surface area contributed by atoms with E-state index in [1.165, 1.54) is 16.4 Å². The maximum atomic E-state index is 12.9. The molecule has 0 saturated heterocycles. The van der Waals surface area contributed by atoms with Crippen molar-refractivity contribution in [1.82, 2.24) is 14.5 Å². The topological polar surface area (TPSA) is 119 Å². The lowest BCUT2D eigenvalue weighted by Crippen LogP contribution is -2.38. The first-order chi connectivity index (χ1) is 15.8. The summed E-state index contributed by atoms with van der Waals surface area (Å²) < 4.78 is 38.2. The van der Waals surface area contributed by atoms with E-state index in [2.05, 4.69) is 15.5 Å². The summed E-state index contributed by atoms with van der Waals surface area (Å²) >= 11 is 1.11. The minimum atomic E-state index is -3.57. The van der Waals surface area contributed by atoms with Crippen LogP contribution in [0.1, 0.15) is 37.9 Å². The standard InChI is InChI=1S/C22H26N4O5S2/c1-15-19(12-13-30-15)21-24-25-22(31-21)32-14-20(27)23-16-8-10-18(11-9-16)33(28,29)26(2)17-6-4-3-5-7-17/h8-13,17H,3-7,14H2,1-2H3,(H,23,27). The van der Waals surface area contributed by atoms with Gasteiger partial charge in [-0.1, -0.05) is 31.0 Å². The van der Waals surface area contributed by atoms with E-state index >= 15 is 0 Å². The van der Waals surface area contributed by atoms with E-state index in [0.717, 1.165) is 43.9 Å². The fourth-order valence-corrected chi connectivity index (χ4v) is 5.80. The van der Waals surface area contributed by atoms with Crippen LogP contribution in [0.3, 0.4) is 0 Å². The molecule has 1 aromatic carbocycles. The Morgan fingerprint density at radius 2 is 1.88 bits per heavy atom. The fourth-order valence-electron chi connectivity index (χ4n) is 3.83. The number of hydrogen-bond donors (Lipinski definition) is 1. The van der Waals surface area contributed by atoms with Crippen LogP contribution in [0.4, 0.5) is 5.69 Å². The van der Waals surface area contributed by atoms with Gasteiger partial charge in [0.25, 0.3) is 11.1 Å². The second-order valence-corrected chi connectivity index (χ2v) is 10.9. The Balaban J connectivity index is 1.32. The Kier molecular flexibility index (Phi) is 7.20. The minimum absolute atomic E-state index is 0.0443. The van der Waals surface area contributed by atoms with E-state index in [1.54, 1.807) is 38.4 Å². The highest BCUT2D eigenvalue weighted by molar-refractivity contribution is 7.99. The number of thioether (sulfide) groups is 1. The quantitative estimate of drug-likeness (QED) is 0.464. The van der Waals surface area contributed by atoms with E-state index in [1.807, 2.05) is 0 Å². The summed E-state index contributed by atoms with van der Waals surface area (Å²) in [6.07, 6.45) is 6.60. The van der Waals surface area contributed by atoms with Gasteiger partial charge in [0.05, 0.1) is 22.5 Å². The molecule has 4 rings (SSSR count). The van der Waals surface area contributed by atoms with Gasteiger partial charge in [0, 0.05) is 18.8 Å². The van der Waals surface area contributed by atoms with E-state index in [9.17, 15) is 13.2 Å². The third-order valence-corrected chi connectivity index (χ3v) is 8.47.